The molecule has 0 rings (SSSR count). The molecule has 0 aliphatic carbocycles. The summed E-state index contributed by atoms with van der Waals surface area (Å²) in [5, 5.41) is 0. The highest BCUT2D eigenvalue weighted by molar-refractivity contribution is 5.91. The minimum Gasteiger partial charge on any atom is -0.295 e. The minimum atomic E-state index is 0.196. The average Bonchev–Trinajstić information content (AvgIpc) is 1.87. The van der Waals surface area contributed by atoms with Gasteiger partial charge in [0, 0.05) is 5.92 Å². The fraction of sp³-hybridized carbons (Fsp3) is 0.625. The summed E-state index contributed by atoms with van der Waals surface area (Å²) in [6.07, 6.45) is 4.35. The van der Waals surface area contributed by atoms with Crippen molar-refractivity contribution in [2.75, 3.05) is 0 Å². The molecule has 52 valence electrons. The predicted molar refractivity (Wildman–Crippen MR) is 39.3 cm³/mol. The second kappa shape index (κ2) is 4.30. The van der Waals surface area contributed by atoms with Crippen molar-refractivity contribution in [1.82, 2.24) is 0 Å². The standard InChI is InChI=1S/C8H14O/c1-4-6-8(9)7(3)5-2/h4,6-7H,5H2,1-3H3/b6-4+/t7-/m0/s1. The molecule has 1 nitrogen and oxygen atoms in total. The number of rotatable bonds is 3. The Morgan fingerprint density at radius 1 is 1.67 bits per heavy atom. The summed E-state index contributed by atoms with van der Waals surface area (Å²) >= 11 is 0. The fourth-order valence-electron chi connectivity index (χ4n) is 0.530. The zero-order valence-electron chi connectivity index (χ0n) is 6.35. The SMILES string of the molecule is C/C=C/C(=O)[C@@H](C)CC. The lowest BCUT2D eigenvalue weighted by molar-refractivity contribution is -0.117. The van der Waals surface area contributed by atoms with E-state index in [-0.39, 0.29) is 11.7 Å². The average molecular weight is 126 g/mol. The number of carbonyl (C=O) groups is 1. The van der Waals surface area contributed by atoms with Crippen molar-refractivity contribution in [2.45, 2.75) is 27.2 Å². The van der Waals surface area contributed by atoms with Crippen LogP contribution in [0.2, 0.25) is 0 Å². The Bertz CT molecular complexity index is 114. The van der Waals surface area contributed by atoms with Crippen LogP contribution < -0.4 is 0 Å². The fourth-order valence-corrected chi connectivity index (χ4v) is 0.530. The van der Waals surface area contributed by atoms with Gasteiger partial charge in [0.1, 0.15) is 0 Å². The minimum absolute atomic E-state index is 0.196. The molecule has 0 bridgehead atoms. The maximum absolute atomic E-state index is 10.9. The Labute approximate surface area is 56.8 Å². The van der Waals surface area contributed by atoms with Crippen LogP contribution in [0.5, 0.6) is 0 Å². The van der Waals surface area contributed by atoms with Gasteiger partial charge in [-0.2, -0.15) is 0 Å². The van der Waals surface area contributed by atoms with Gasteiger partial charge in [0.05, 0.1) is 0 Å². The highest BCUT2D eigenvalue weighted by Gasteiger charge is 2.04. The van der Waals surface area contributed by atoms with Crippen LogP contribution in [0.4, 0.5) is 0 Å². The van der Waals surface area contributed by atoms with Gasteiger partial charge in [0.15, 0.2) is 5.78 Å². The Morgan fingerprint density at radius 3 is 2.56 bits per heavy atom. The third kappa shape index (κ3) is 3.07. The smallest absolute Gasteiger partial charge is 0.158 e. The van der Waals surface area contributed by atoms with E-state index < -0.39 is 0 Å². The van der Waals surface area contributed by atoms with E-state index in [0.717, 1.165) is 6.42 Å². The molecule has 0 aromatic heterocycles. The molecule has 0 aromatic carbocycles. The van der Waals surface area contributed by atoms with Crippen molar-refractivity contribution < 1.29 is 4.79 Å². The van der Waals surface area contributed by atoms with Gasteiger partial charge >= 0.3 is 0 Å². The molecule has 0 radical (unpaired) electrons. The normalized spacial score (nSPS) is 14.1. The van der Waals surface area contributed by atoms with Crippen LogP contribution in [0.15, 0.2) is 12.2 Å². The van der Waals surface area contributed by atoms with E-state index in [1.54, 1.807) is 12.2 Å². The first-order valence-corrected chi connectivity index (χ1v) is 3.38. The molecule has 0 spiro atoms. The number of allylic oxidation sites excluding steroid dienone is 2. The summed E-state index contributed by atoms with van der Waals surface area (Å²) < 4.78 is 0. The highest BCUT2D eigenvalue weighted by atomic mass is 16.1. The van der Waals surface area contributed by atoms with Crippen molar-refractivity contribution in [1.29, 1.82) is 0 Å². The summed E-state index contributed by atoms with van der Waals surface area (Å²) in [5.74, 6) is 0.432. The van der Waals surface area contributed by atoms with Gasteiger partial charge in [-0.25, -0.2) is 0 Å². The second-order valence-corrected chi connectivity index (χ2v) is 2.21. The van der Waals surface area contributed by atoms with Crippen molar-refractivity contribution in [3.8, 4) is 0 Å². The molecular weight excluding hydrogens is 112 g/mol. The molecule has 0 fully saturated rings. The van der Waals surface area contributed by atoms with Crippen LogP contribution in [0, 0.1) is 5.92 Å². The summed E-state index contributed by atoms with van der Waals surface area (Å²) in [6, 6.07) is 0. The van der Waals surface area contributed by atoms with Crippen LogP contribution in [0.3, 0.4) is 0 Å². The molecule has 0 heterocycles. The first-order valence-electron chi connectivity index (χ1n) is 3.38. The maximum Gasteiger partial charge on any atom is 0.158 e. The van der Waals surface area contributed by atoms with Crippen molar-refractivity contribution in [2.24, 2.45) is 5.92 Å². The monoisotopic (exact) mass is 126 g/mol. The van der Waals surface area contributed by atoms with Crippen LogP contribution >= 0.6 is 0 Å². The van der Waals surface area contributed by atoms with E-state index in [0.29, 0.717) is 0 Å². The Balaban J connectivity index is 3.73. The number of carbonyl (C=O) groups excluding carboxylic acids is 1. The van der Waals surface area contributed by atoms with Gasteiger partial charge in [0.2, 0.25) is 0 Å². The number of hydrogen-bond acceptors (Lipinski definition) is 1. The van der Waals surface area contributed by atoms with Crippen LogP contribution in [0.25, 0.3) is 0 Å². The van der Waals surface area contributed by atoms with Gasteiger partial charge < -0.3 is 0 Å². The lowest BCUT2D eigenvalue weighted by Crippen LogP contribution is -2.05. The zero-order valence-corrected chi connectivity index (χ0v) is 6.35. The molecular formula is C8H14O. The summed E-state index contributed by atoms with van der Waals surface area (Å²) in [6.45, 7) is 5.83. The van der Waals surface area contributed by atoms with Crippen molar-refractivity contribution in [3.05, 3.63) is 12.2 Å². The van der Waals surface area contributed by atoms with Gasteiger partial charge in [-0.05, 0) is 19.4 Å². The van der Waals surface area contributed by atoms with Crippen LogP contribution in [-0.4, -0.2) is 5.78 Å². The zero-order chi connectivity index (χ0) is 7.28. The Hall–Kier alpha value is -0.590. The van der Waals surface area contributed by atoms with Crippen LogP contribution in [-0.2, 0) is 4.79 Å². The van der Waals surface area contributed by atoms with E-state index in [9.17, 15) is 4.79 Å². The highest BCUT2D eigenvalue weighted by Crippen LogP contribution is 2.01. The summed E-state index contributed by atoms with van der Waals surface area (Å²) in [7, 11) is 0. The molecule has 0 aromatic rings. The first-order chi connectivity index (χ1) is 4.22. The third-order valence-electron chi connectivity index (χ3n) is 1.43. The van der Waals surface area contributed by atoms with Gasteiger partial charge in [0.25, 0.3) is 0 Å². The Morgan fingerprint density at radius 2 is 2.22 bits per heavy atom. The lowest BCUT2D eigenvalue weighted by atomic mass is 10.0. The molecule has 0 N–H and O–H groups in total. The van der Waals surface area contributed by atoms with Crippen LogP contribution in [0.1, 0.15) is 27.2 Å². The van der Waals surface area contributed by atoms with E-state index in [1.807, 2.05) is 20.8 Å². The lowest BCUT2D eigenvalue weighted by Gasteiger charge is -2.00. The number of ketones is 1. The third-order valence-corrected chi connectivity index (χ3v) is 1.43. The molecule has 0 amide bonds. The molecule has 0 saturated carbocycles. The van der Waals surface area contributed by atoms with Gasteiger partial charge in [-0.15, -0.1) is 0 Å². The molecule has 0 aliphatic rings. The number of hydrogen-bond donors (Lipinski definition) is 0. The largest absolute Gasteiger partial charge is 0.295 e. The quantitative estimate of drug-likeness (QED) is 0.530. The van der Waals surface area contributed by atoms with Crippen molar-refractivity contribution in [3.63, 3.8) is 0 Å². The Kier molecular flexibility index (Phi) is 4.02. The van der Waals surface area contributed by atoms with E-state index >= 15 is 0 Å². The van der Waals surface area contributed by atoms with Gasteiger partial charge in [-0.1, -0.05) is 19.9 Å². The van der Waals surface area contributed by atoms with Gasteiger partial charge in [-0.3, -0.25) is 4.79 Å². The van der Waals surface area contributed by atoms with E-state index in [1.165, 1.54) is 0 Å². The maximum atomic E-state index is 10.9. The topological polar surface area (TPSA) is 17.1 Å². The molecule has 0 saturated heterocycles. The molecule has 1 heteroatoms. The molecule has 1 atom stereocenters. The first kappa shape index (κ1) is 8.41. The summed E-state index contributed by atoms with van der Waals surface area (Å²) in [4.78, 5) is 10.9. The second-order valence-electron chi connectivity index (χ2n) is 2.21. The molecule has 9 heavy (non-hydrogen) atoms. The molecule has 0 aliphatic heterocycles. The molecule has 0 unspecified atom stereocenters. The summed E-state index contributed by atoms with van der Waals surface area (Å²) in [5.41, 5.74) is 0. The van der Waals surface area contributed by atoms with Crippen molar-refractivity contribution >= 4 is 5.78 Å². The van der Waals surface area contributed by atoms with E-state index in [2.05, 4.69) is 0 Å². The van der Waals surface area contributed by atoms with E-state index in [4.69, 9.17) is 0 Å². The predicted octanol–water partition coefficient (Wildman–Crippen LogP) is 2.18.